The van der Waals surface area contributed by atoms with E-state index < -0.39 is 0 Å². The van der Waals surface area contributed by atoms with Crippen LogP contribution < -0.4 is 39.1 Å². The van der Waals surface area contributed by atoms with Crippen molar-refractivity contribution in [3.63, 3.8) is 0 Å². The van der Waals surface area contributed by atoms with E-state index in [1.807, 2.05) is 48.8 Å². The van der Waals surface area contributed by atoms with Crippen molar-refractivity contribution in [2.24, 2.45) is 5.73 Å². The van der Waals surface area contributed by atoms with Crippen LogP contribution in [0.1, 0.15) is 25.7 Å². The lowest BCUT2D eigenvalue weighted by molar-refractivity contribution is 0.324. The second-order valence-electron chi connectivity index (χ2n) is 10.5. The molecule has 1 saturated carbocycles. The first-order chi connectivity index (χ1) is 21.5. The molecule has 2 aromatic carbocycles. The third-order valence-electron chi connectivity index (χ3n) is 8.09. The zero-order valence-electron chi connectivity index (χ0n) is 26.1. The Bertz CT molecular complexity index is 1400. The van der Waals surface area contributed by atoms with Gasteiger partial charge in [0.1, 0.15) is 0 Å². The quantitative estimate of drug-likeness (QED) is 0.211. The highest BCUT2D eigenvalue weighted by Gasteiger charge is 2.30. The van der Waals surface area contributed by atoms with Gasteiger partial charge in [-0.25, -0.2) is 0 Å². The Morgan fingerprint density at radius 3 is 1.32 bits per heavy atom. The molecule has 44 heavy (non-hydrogen) atoms. The van der Waals surface area contributed by atoms with Gasteiger partial charge in [-0.05, 0) is 61.4 Å². The average molecular weight is 601 g/mol. The van der Waals surface area contributed by atoms with Gasteiger partial charge < -0.3 is 39.1 Å². The topological polar surface area (TPSA) is 110 Å². The van der Waals surface area contributed by atoms with Gasteiger partial charge in [-0.3, -0.25) is 9.97 Å². The Labute approximate surface area is 258 Å². The van der Waals surface area contributed by atoms with E-state index in [1.54, 1.807) is 42.7 Å². The van der Waals surface area contributed by atoms with Crippen LogP contribution in [0.3, 0.4) is 0 Å². The molecule has 2 N–H and O–H groups in total. The van der Waals surface area contributed by atoms with Gasteiger partial charge >= 0.3 is 0 Å². The zero-order chi connectivity index (χ0) is 31.2. The van der Waals surface area contributed by atoms with Gasteiger partial charge in [0, 0.05) is 23.2 Å². The van der Waals surface area contributed by atoms with Crippen molar-refractivity contribution < 1.29 is 28.4 Å². The van der Waals surface area contributed by atoms with Crippen LogP contribution in [-0.2, 0) is 0 Å². The van der Waals surface area contributed by atoms with Crippen LogP contribution in [0.25, 0.3) is 22.5 Å². The van der Waals surface area contributed by atoms with Crippen LogP contribution in [0.4, 0.5) is 11.4 Å². The highest BCUT2D eigenvalue weighted by atomic mass is 16.5. The average Bonchev–Trinajstić information content (AvgIpc) is 3.08. The molecular formula is C34H40N4O6. The van der Waals surface area contributed by atoms with Gasteiger partial charge in [0.15, 0.2) is 23.0 Å². The normalized spacial score (nSPS) is 16.2. The first-order valence-corrected chi connectivity index (χ1v) is 14.5. The summed E-state index contributed by atoms with van der Waals surface area (Å²) in [5, 5.41) is 0. The summed E-state index contributed by atoms with van der Waals surface area (Å²) in [5.74, 6) is 3.36. The van der Waals surface area contributed by atoms with Crippen molar-refractivity contribution in [1.82, 2.24) is 9.97 Å². The van der Waals surface area contributed by atoms with Crippen molar-refractivity contribution in [3.05, 3.63) is 60.9 Å². The van der Waals surface area contributed by atoms with Crippen LogP contribution in [0.15, 0.2) is 60.9 Å². The molecule has 2 unspecified atom stereocenters. The summed E-state index contributed by atoms with van der Waals surface area (Å²) >= 11 is 0. The van der Waals surface area contributed by atoms with E-state index in [4.69, 9.17) is 44.1 Å². The monoisotopic (exact) mass is 600 g/mol. The molecule has 10 nitrogen and oxygen atoms in total. The molecule has 0 aliphatic heterocycles. The van der Waals surface area contributed by atoms with E-state index in [1.165, 1.54) is 0 Å². The van der Waals surface area contributed by atoms with Crippen LogP contribution in [-0.4, -0.2) is 64.7 Å². The molecule has 1 fully saturated rings. The third kappa shape index (κ3) is 6.03. The summed E-state index contributed by atoms with van der Waals surface area (Å²) in [5.41, 5.74) is 11.8. The van der Waals surface area contributed by atoms with E-state index in [-0.39, 0.29) is 12.1 Å². The molecule has 10 heteroatoms. The Morgan fingerprint density at radius 1 is 0.591 bits per heavy atom. The molecule has 0 radical (unpaired) electrons. The molecule has 232 valence electrons. The van der Waals surface area contributed by atoms with Gasteiger partial charge in [0.05, 0.1) is 77.8 Å². The van der Waals surface area contributed by atoms with Crippen LogP contribution in [0, 0.1) is 0 Å². The minimum atomic E-state index is 0.0216. The van der Waals surface area contributed by atoms with E-state index in [2.05, 4.69) is 17.0 Å². The molecule has 0 spiro atoms. The maximum absolute atomic E-state index is 6.72. The van der Waals surface area contributed by atoms with Gasteiger partial charge in [0.25, 0.3) is 0 Å². The highest BCUT2D eigenvalue weighted by molar-refractivity contribution is 5.73. The molecule has 2 atom stereocenters. The van der Waals surface area contributed by atoms with Gasteiger partial charge in [-0.15, -0.1) is 0 Å². The Hall–Kier alpha value is -4.70. The van der Waals surface area contributed by atoms with Crippen LogP contribution >= 0.6 is 0 Å². The number of nitrogens with two attached hydrogens (primary N) is 1. The molecular weight excluding hydrogens is 560 g/mol. The molecule has 2 aromatic heterocycles. The molecule has 0 saturated heterocycles. The third-order valence-corrected chi connectivity index (χ3v) is 8.09. The molecule has 1 aliphatic carbocycles. The lowest BCUT2D eigenvalue weighted by Gasteiger charge is -2.39. The minimum absolute atomic E-state index is 0.0216. The second kappa shape index (κ2) is 13.7. The fourth-order valence-corrected chi connectivity index (χ4v) is 5.85. The zero-order valence-corrected chi connectivity index (χ0v) is 26.1. The van der Waals surface area contributed by atoms with E-state index in [0.717, 1.165) is 59.6 Å². The number of ether oxygens (including phenoxy) is 6. The molecule has 2 heterocycles. The minimum Gasteiger partial charge on any atom is -0.493 e. The van der Waals surface area contributed by atoms with E-state index in [9.17, 15) is 0 Å². The predicted octanol–water partition coefficient (Wildman–Crippen LogP) is 6.27. The number of hydrogen-bond acceptors (Lipinski definition) is 10. The number of anilines is 2. The van der Waals surface area contributed by atoms with Gasteiger partial charge in [-0.2, -0.15) is 0 Å². The Kier molecular flexibility index (Phi) is 9.59. The Morgan fingerprint density at radius 2 is 1.00 bits per heavy atom. The van der Waals surface area contributed by atoms with E-state index >= 15 is 0 Å². The highest BCUT2D eigenvalue weighted by Crippen LogP contribution is 2.43. The summed E-state index contributed by atoms with van der Waals surface area (Å²) in [6.07, 6.45) is 7.95. The SMILES string of the molecule is COc1cc(-c2ccc(N(c3ccc(-c4cc(OC)c(OC)c(OC)c4)nc3)C3CCCCC3N)cn2)cc(OC)c1OC. The summed E-state index contributed by atoms with van der Waals surface area (Å²) in [7, 11) is 9.58. The fraction of sp³-hybridized carbons (Fsp3) is 0.353. The first-order valence-electron chi connectivity index (χ1n) is 14.5. The van der Waals surface area contributed by atoms with Crippen molar-refractivity contribution in [2.75, 3.05) is 47.6 Å². The van der Waals surface area contributed by atoms with E-state index in [0.29, 0.717) is 34.5 Å². The summed E-state index contributed by atoms with van der Waals surface area (Å²) in [6, 6.07) is 15.8. The summed E-state index contributed by atoms with van der Waals surface area (Å²) in [4.78, 5) is 12.0. The standard InChI is InChI=1S/C34H40N4O6/c1-39-29-15-21(16-30(40-2)33(29)43-5)26-13-11-23(19-36-26)38(28-10-8-7-9-25(28)35)24-12-14-27(37-20-24)22-17-31(41-3)34(44-6)32(18-22)42-4/h11-20,25,28H,7-10,35H2,1-6H3. The van der Waals surface area contributed by atoms with Gasteiger partial charge in [0.2, 0.25) is 11.5 Å². The largest absolute Gasteiger partial charge is 0.493 e. The molecule has 5 rings (SSSR count). The number of pyridine rings is 2. The fourth-order valence-electron chi connectivity index (χ4n) is 5.85. The molecule has 1 aliphatic rings. The second-order valence-corrected chi connectivity index (χ2v) is 10.5. The molecule has 4 aromatic rings. The lowest BCUT2D eigenvalue weighted by Crippen LogP contribution is -2.47. The van der Waals surface area contributed by atoms with Crippen LogP contribution in [0.2, 0.25) is 0 Å². The Balaban J connectivity index is 1.51. The van der Waals surface area contributed by atoms with Crippen molar-refractivity contribution in [1.29, 1.82) is 0 Å². The number of benzene rings is 2. The maximum atomic E-state index is 6.72. The van der Waals surface area contributed by atoms with Gasteiger partial charge in [-0.1, -0.05) is 12.8 Å². The number of hydrogen-bond donors (Lipinski definition) is 1. The van der Waals surface area contributed by atoms with Crippen LogP contribution in [0.5, 0.6) is 34.5 Å². The lowest BCUT2D eigenvalue weighted by atomic mass is 9.89. The predicted molar refractivity (Wildman–Crippen MR) is 171 cm³/mol. The van der Waals surface area contributed by atoms with Crippen molar-refractivity contribution in [2.45, 2.75) is 37.8 Å². The maximum Gasteiger partial charge on any atom is 0.203 e. The summed E-state index contributed by atoms with van der Waals surface area (Å²) < 4.78 is 33.2. The van der Waals surface area contributed by atoms with Crippen molar-refractivity contribution >= 4 is 11.4 Å². The first kappa shape index (κ1) is 30.7. The van der Waals surface area contributed by atoms with Crippen molar-refractivity contribution in [3.8, 4) is 57.0 Å². The molecule has 0 bridgehead atoms. The number of aromatic nitrogens is 2. The number of methoxy groups -OCH3 is 6. The smallest absolute Gasteiger partial charge is 0.203 e. The number of nitrogens with zero attached hydrogens (tertiary/aromatic N) is 3. The molecule has 0 amide bonds. The number of rotatable bonds is 11. The summed E-state index contributed by atoms with van der Waals surface area (Å²) in [6.45, 7) is 0.